The highest BCUT2D eigenvalue weighted by Gasteiger charge is 2.06. The normalized spacial score (nSPS) is 12.3. The lowest BCUT2D eigenvalue weighted by Gasteiger charge is -2.09. The SMILES string of the molecule is C=C(C)C(=O)O[C@H](C)CC. The van der Waals surface area contributed by atoms with Crippen molar-refractivity contribution >= 4 is 5.97 Å². The highest BCUT2D eigenvalue weighted by atomic mass is 16.5. The zero-order valence-electron chi connectivity index (χ0n) is 6.81. The van der Waals surface area contributed by atoms with Crippen LogP contribution in [-0.2, 0) is 9.53 Å². The first-order chi connectivity index (χ1) is 4.57. The van der Waals surface area contributed by atoms with Gasteiger partial charge in [0.05, 0.1) is 6.10 Å². The second kappa shape index (κ2) is 4.09. The molecule has 0 heterocycles. The van der Waals surface area contributed by atoms with Crippen LogP contribution in [0.1, 0.15) is 27.2 Å². The molecule has 0 saturated heterocycles. The summed E-state index contributed by atoms with van der Waals surface area (Å²) in [6.45, 7) is 8.94. The Hall–Kier alpha value is -0.790. The van der Waals surface area contributed by atoms with E-state index in [1.165, 1.54) is 0 Å². The Labute approximate surface area is 61.9 Å². The van der Waals surface area contributed by atoms with Crippen LogP contribution in [-0.4, -0.2) is 12.1 Å². The average molecular weight is 142 g/mol. The van der Waals surface area contributed by atoms with E-state index < -0.39 is 0 Å². The van der Waals surface area contributed by atoms with Crippen LogP contribution in [0.2, 0.25) is 0 Å². The van der Waals surface area contributed by atoms with E-state index >= 15 is 0 Å². The molecule has 0 bridgehead atoms. The third-order valence-corrected chi connectivity index (χ3v) is 1.23. The van der Waals surface area contributed by atoms with Crippen molar-refractivity contribution in [2.45, 2.75) is 33.3 Å². The van der Waals surface area contributed by atoms with E-state index in [2.05, 4.69) is 6.58 Å². The van der Waals surface area contributed by atoms with E-state index in [4.69, 9.17) is 4.74 Å². The molecule has 0 radical (unpaired) electrons. The number of hydrogen-bond acceptors (Lipinski definition) is 2. The van der Waals surface area contributed by atoms with Crippen LogP contribution in [0.5, 0.6) is 0 Å². The summed E-state index contributed by atoms with van der Waals surface area (Å²) in [7, 11) is 0. The Morgan fingerprint density at radius 1 is 1.70 bits per heavy atom. The van der Waals surface area contributed by atoms with Gasteiger partial charge in [0, 0.05) is 5.57 Å². The molecular formula is C8H14O2. The molecule has 1 atom stereocenters. The molecule has 0 aliphatic carbocycles. The fraction of sp³-hybridized carbons (Fsp3) is 0.625. The number of rotatable bonds is 3. The Kier molecular flexibility index (Phi) is 3.77. The molecule has 0 aliphatic heterocycles. The fourth-order valence-corrected chi connectivity index (χ4v) is 0.367. The maximum Gasteiger partial charge on any atom is 0.333 e. The zero-order valence-corrected chi connectivity index (χ0v) is 6.81. The molecule has 0 rings (SSSR count). The smallest absolute Gasteiger partial charge is 0.333 e. The Morgan fingerprint density at radius 2 is 2.20 bits per heavy atom. The highest BCUT2D eigenvalue weighted by molar-refractivity contribution is 5.87. The van der Waals surface area contributed by atoms with Gasteiger partial charge in [-0.25, -0.2) is 4.79 Å². The van der Waals surface area contributed by atoms with Crippen LogP contribution in [0.15, 0.2) is 12.2 Å². The summed E-state index contributed by atoms with van der Waals surface area (Å²) in [5.41, 5.74) is 0.459. The molecule has 0 spiro atoms. The van der Waals surface area contributed by atoms with Gasteiger partial charge in [-0.1, -0.05) is 13.5 Å². The van der Waals surface area contributed by atoms with Gasteiger partial charge in [0.1, 0.15) is 0 Å². The standard InChI is InChI=1S/C8H14O2/c1-5-7(4)10-8(9)6(2)3/h7H,2,5H2,1,3-4H3/t7-/m1/s1. The van der Waals surface area contributed by atoms with Crippen LogP contribution in [0, 0.1) is 0 Å². The van der Waals surface area contributed by atoms with Gasteiger partial charge in [-0.2, -0.15) is 0 Å². The molecule has 2 heteroatoms. The first-order valence-corrected chi connectivity index (χ1v) is 3.44. The zero-order chi connectivity index (χ0) is 8.15. The maximum absolute atomic E-state index is 10.8. The van der Waals surface area contributed by atoms with Gasteiger partial charge >= 0.3 is 5.97 Å². The van der Waals surface area contributed by atoms with Crippen molar-refractivity contribution in [3.05, 3.63) is 12.2 Å². The Balaban J connectivity index is 3.68. The number of ether oxygens (including phenoxy) is 1. The van der Waals surface area contributed by atoms with Gasteiger partial charge in [-0.05, 0) is 20.3 Å². The summed E-state index contributed by atoms with van der Waals surface area (Å²) in [5.74, 6) is -0.297. The molecule has 10 heavy (non-hydrogen) atoms. The van der Waals surface area contributed by atoms with Crippen molar-refractivity contribution < 1.29 is 9.53 Å². The molecule has 0 aliphatic rings. The molecule has 0 aromatic rings. The summed E-state index contributed by atoms with van der Waals surface area (Å²) >= 11 is 0. The maximum atomic E-state index is 10.8. The van der Waals surface area contributed by atoms with E-state index in [0.29, 0.717) is 5.57 Å². The lowest BCUT2D eigenvalue weighted by Crippen LogP contribution is -2.13. The third kappa shape index (κ3) is 3.28. The molecule has 0 saturated carbocycles. The third-order valence-electron chi connectivity index (χ3n) is 1.23. The Bertz CT molecular complexity index is 138. The van der Waals surface area contributed by atoms with Gasteiger partial charge in [-0.15, -0.1) is 0 Å². The van der Waals surface area contributed by atoms with E-state index in [0.717, 1.165) is 6.42 Å². The Morgan fingerprint density at radius 3 is 2.50 bits per heavy atom. The molecular weight excluding hydrogens is 128 g/mol. The van der Waals surface area contributed by atoms with E-state index in [9.17, 15) is 4.79 Å². The second-order valence-electron chi connectivity index (χ2n) is 2.40. The molecule has 0 unspecified atom stereocenters. The van der Waals surface area contributed by atoms with Crippen molar-refractivity contribution in [1.29, 1.82) is 0 Å². The second-order valence-corrected chi connectivity index (χ2v) is 2.40. The number of carbonyl (C=O) groups excluding carboxylic acids is 1. The molecule has 0 aromatic carbocycles. The highest BCUT2D eigenvalue weighted by Crippen LogP contribution is 2.00. The summed E-state index contributed by atoms with van der Waals surface area (Å²) in [6.07, 6.45) is 0.850. The summed E-state index contributed by atoms with van der Waals surface area (Å²) in [4.78, 5) is 10.8. The first-order valence-electron chi connectivity index (χ1n) is 3.44. The van der Waals surface area contributed by atoms with Gasteiger partial charge in [0.2, 0.25) is 0 Å². The van der Waals surface area contributed by atoms with Crippen molar-refractivity contribution in [1.82, 2.24) is 0 Å². The van der Waals surface area contributed by atoms with Crippen molar-refractivity contribution in [3.63, 3.8) is 0 Å². The van der Waals surface area contributed by atoms with Gasteiger partial charge in [-0.3, -0.25) is 0 Å². The van der Waals surface area contributed by atoms with Crippen molar-refractivity contribution in [3.8, 4) is 0 Å². The number of hydrogen-bond donors (Lipinski definition) is 0. The van der Waals surface area contributed by atoms with Gasteiger partial charge < -0.3 is 4.74 Å². The predicted octanol–water partition coefficient (Wildman–Crippen LogP) is 1.90. The fourth-order valence-electron chi connectivity index (χ4n) is 0.367. The minimum atomic E-state index is -0.297. The van der Waals surface area contributed by atoms with Crippen LogP contribution < -0.4 is 0 Å². The minimum absolute atomic E-state index is 0.00389. The lowest BCUT2D eigenvalue weighted by molar-refractivity contribution is -0.143. The van der Waals surface area contributed by atoms with Crippen molar-refractivity contribution in [2.75, 3.05) is 0 Å². The molecule has 58 valence electrons. The van der Waals surface area contributed by atoms with E-state index in [-0.39, 0.29) is 12.1 Å². The van der Waals surface area contributed by atoms with Gasteiger partial charge in [0.15, 0.2) is 0 Å². The largest absolute Gasteiger partial charge is 0.459 e. The van der Waals surface area contributed by atoms with Crippen LogP contribution in [0.25, 0.3) is 0 Å². The van der Waals surface area contributed by atoms with Crippen LogP contribution >= 0.6 is 0 Å². The monoisotopic (exact) mass is 142 g/mol. The molecule has 0 amide bonds. The lowest BCUT2D eigenvalue weighted by atomic mass is 10.3. The topological polar surface area (TPSA) is 26.3 Å². The molecule has 0 aromatic heterocycles. The van der Waals surface area contributed by atoms with Crippen LogP contribution in [0.4, 0.5) is 0 Å². The van der Waals surface area contributed by atoms with E-state index in [1.54, 1.807) is 6.92 Å². The average Bonchev–Trinajstić information content (AvgIpc) is 1.87. The van der Waals surface area contributed by atoms with E-state index in [1.807, 2.05) is 13.8 Å². The molecule has 0 fully saturated rings. The summed E-state index contributed by atoms with van der Waals surface area (Å²) in [5, 5.41) is 0. The van der Waals surface area contributed by atoms with Crippen LogP contribution in [0.3, 0.4) is 0 Å². The summed E-state index contributed by atoms with van der Waals surface area (Å²) < 4.78 is 4.92. The summed E-state index contributed by atoms with van der Waals surface area (Å²) in [6, 6.07) is 0. The van der Waals surface area contributed by atoms with Gasteiger partial charge in [0.25, 0.3) is 0 Å². The molecule has 2 nitrogen and oxygen atoms in total. The predicted molar refractivity (Wildman–Crippen MR) is 40.7 cm³/mol. The number of carbonyl (C=O) groups is 1. The quantitative estimate of drug-likeness (QED) is 0.444. The first kappa shape index (κ1) is 9.21. The minimum Gasteiger partial charge on any atom is -0.459 e. The molecule has 0 N–H and O–H groups in total. The number of esters is 1. The van der Waals surface area contributed by atoms with Crippen molar-refractivity contribution in [2.24, 2.45) is 0 Å².